The van der Waals surface area contributed by atoms with Gasteiger partial charge in [-0.2, -0.15) is 0 Å². The van der Waals surface area contributed by atoms with Crippen LogP contribution in [0.1, 0.15) is 27.6 Å². The molecule has 0 fully saturated rings. The molecule has 138 valence electrons. The molecule has 2 aromatic carbocycles. The summed E-state index contributed by atoms with van der Waals surface area (Å²) in [5.74, 6) is -2.63. The maximum atomic E-state index is 14.1. The first-order valence-electron chi connectivity index (χ1n) is 7.72. The van der Waals surface area contributed by atoms with E-state index in [0.29, 0.717) is 0 Å². The van der Waals surface area contributed by atoms with Crippen LogP contribution in [0.25, 0.3) is 0 Å². The third-order valence-electron chi connectivity index (χ3n) is 3.61. The third kappa shape index (κ3) is 5.01. The summed E-state index contributed by atoms with van der Waals surface area (Å²) in [7, 11) is 0. The normalized spacial score (nSPS) is 12.9. The Morgan fingerprint density at radius 3 is 2.42 bits per heavy atom. The van der Waals surface area contributed by atoms with Gasteiger partial charge in [0.2, 0.25) is 0 Å². The van der Waals surface area contributed by atoms with Gasteiger partial charge in [0.1, 0.15) is 24.6 Å². The third-order valence-corrected chi connectivity index (χ3v) is 3.61. The van der Waals surface area contributed by atoms with Crippen molar-refractivity contribution in [3.05, 3.63) is 71.0 Å². The topological polar surface area (TPSA) is 116 Å². The van der Waals surface area contributed by atoms with Crippen molar-refractivity contribution in [2.45, 2.75) is 18.8 Å². The van der Waals surface area contributed by atoms with Crippen LogP contribution in [-0.2, 0) is 11.3 Å². The van der Waals surface area contributed by atoms with E-state index in [2.05, 4.69) is 5.32 Å². The highest BCUT2D eigenvalue weighted by atomic mass is 19.1. The fourth-order valence-electron chi connectivity index (χ4n) is 2.22. The summed E-state index contributed by atoms with van der Waals surface area (Å²) in [6.45, 7) is -0.383. The van der Waals surface area contributed by atoms with E-state index in [-0.39, 0.29) is 12.2 Å². The van der Waals surface area contributed by atoms with Crippen molar-refractivity contribution in [3.63, 3.8) is 0 Å². The average molecular weight is 363 g/mol. The first-order chi connectivity index (χ1) is 12.4. The maximum Gasteiger partial charge on any atom is 0.407 e. The summed E-state index contributed by atoms with van der Waals surface area (Å²) in [5.41, 5.74) is -0.225. The number of ether oxygens (including phenoxy) is 1. The number of halogens is 1. The molecular formula is C18H18FNO6. The number of carbonyl (C=O) groups excluding carboxylic acids is 1. The molecule has 4 N–H and O–H groups in total. The zero-order valence-corrected chi connectivity index (χ0v) is 13.6. The molecule has 0 radical (unpaired) electrons. The predicted octanol–water partition coefficient (Wildman–Crippen LogP) is 1.84. The summed E-state index contributed by atoms with van der Waals surface area (Å²) < 4.78 is 19.0. The van der Waals surface area contributed by atoms with Gasteiger partial charge in [-0.3, -0.25) is 0 Å². The monoisotopic (exact) mass is 363 g/mol. The molecular weight excluding hydrogens is 345 g/mol. The number of carbonyl (C=O) groups is 2. The van der Waals surface area contributed by atoms with Gasteiger partial charge >= 0.3 is 12.1 Å². The minimum absolute atomic E-state index is 0.0284. The number of rotatable bonds is 7. The molecule has 2 rings (SSSR count). The van der Waals surface area contributed by atoms with Crippen molar-refractivity contribution >= 4 is 12.1 Å². The summed E-state index contributed by atoms with van der Waals surface area (Å²) >= 11 is 0. The van der Waals surface area contributed by atoms with Crippen LogP contribution in [0, 0.1) is 5.82 Å². The Balaban J connectivity index is 1.89. The number of nitrogens with one attached hydrogen (secondary N) is 1. The van der Waals surface area contributed by atoms with Gasteiger partial charge in [-0.05, 0) is 11.6 Å². The first-order valence-corrected chi connectivity index (χ1v) is 7.72. The first kappa shape index (κ1) is 19.4. The molecule has 0 aliphatic heterocycles. The molecule has 26 heavy (non-hydrogen) atoms. The Bertz CT molecular complexity index is 768. The number of amides is 1. The standard InChI is InChI=1S/C18H18FNO6/c19-15-12(7-4-8-13(15)17(23)24)16(22)14(21)9-20-18(25)26-10-11-5-2-1-3-6-11/h1-8,14,16,21-22H,9-10H2,(H,20,25)(H,23,24). The van der Waals surface area contributed by atoms with Crippen molar-refractivity contribution in [2.75, 3.05) is 6.54 Å². The number of hydrogen-bond acceptors (Lipinski definition) is 5. The van der Waals surface area contributed by atoms with Crippen LogP contribution in [0.15, 0.2) is 48.5 Å². The molecule has 0 saturated carbocycles. The fraction of sp³-hybridized carbons (Fsp3) is 0.222. The Hall–Kier alpha value is -2.97. The number of carboxylic acid groups (broad SMARTS) is 1. The van der Waals surface area contributed by atoms with Gasteiger partial charge in [-0.25, -0.2) is 14.0 Å². The van der Waals surface area contributed by atoms with Gasteiger partial charge in [-0.15, -0.1) is 0 Å². The van der Waals surface area contributed by atoms with Gasteiger partial charge in [0.05, 0.1) is 5.56 Å². The van der Waals surface area contributed by atoms with Crippen molar-refractivity contribution in [1.29, 1.82) is 0 Å². The largest absolute Gasteiger partial charge is 0.478 e. The Labute approximate surface area is 148 Å². The number of aliphatic hydroxyl groups excluding tert-OH is 2. The highest BCUT2D eigenvalue weighted by Crippen LogP contribution is 2.22. The molecule has 8 heteroatoms. The minimum Gasteiger partial charge on any atom is -0.478 e. The van der Waals surface area contributed by atoms with Crippen molar-refractivity contribution in [2.24, 2.45) is 0 Å². The molecule has 0 aromatic heterocycles. The number of aliphatic hydroxyl groups is 2. The van der Waals surface area contributed by atoms with E-state index in [1.165, 1.54) is 6.07 Å². The van der Waals surface area contributed by atoms with E-state index in [1.54, 1.807) is 24.3 Å². The van der Waals surface area contributed by atoms with Gasteiger partial charge < -0.3 is 25.4 Å². The van der Waals surface area contributed by atoms with Crippen LogP contribution >= 0.6 is 0 Å². The SMILES string of the molecule is O=C(NCC(O)C(O)c1cccc(C(=O)O)c1F)OCc1ccccc1. The maximum absolute atomic E-state index is 14.1. The zero-order valence-electron chi connectivity index (χ0n) is 13.6. The van der Waals surface area contributed by atoms with Crippen LogP contribution in [0.4, 0.5) is 9.18 Å². The van der Waals surface area contributed by atoms with E-state index in [9.17, 15) is 24.2 Å². The molecule has 0 aliphatic rings. The van der Waals surface area contributed by atoms with Gasteiger partial charge in [-0.1, -0.05) is 42.5 Å². The lowest BCUT2D eigenvalue weighted by atomic mass is 10.0. The predicted molar refractivity (Wildman–Crippen MR) is 89.0 cm³/mol. The highest BCUT2D eigenvalue weighted by molar-refractivity contribution is 5.88. The van der Waals surface area contributed by atoms with Crippen molar-refractivity contribution in [1.82, 2.24) is 5.32 Å². The minimum atomic E-state index is -1.72. The van der Waals surface area contributed by atoms with Crippen molar-refractivity contribution < 1.29 is 34.0 Å². The van der Waals surface area contributed by atoms with E-state index in [1.807, 2.05) is 6.07 Å². The second-order valence-corrected chi connectivity index (χ2v) is 5.47. The number of alkyl carbamates (subject to hydrolysis) is 1. The van der Waals surface area contributed by atoms with Gasteiger partial charge in [0.25, 0.3) is 0 Å². The number of hydrogen-bond donors (Lipinski definition) is 4. The average Bonchev–Trinajstić information content (AvgIpc) is 2.64. The molecule has 0 bridgehead atoms. The lowest BCUT2D eigenvalue weighted by Crippen LogP contribution is -2.36. The molecule has 7 nitrogen and oxygen atoms in total. The van der Waals surface area contributed by atoms with Crippen LogP contribution in [0.2, 0.25) is 0 Å². The van der Waals surface area contributed by atoms with E-state index in [4.69, 9.17) is 9.84 Å². The number of aromatic carboxylic acids is 1. The van der Waals surface area contributed by atoms with Gasteiger partial charge in [0, 0.05) is 12.1 Å². The Kier molecular flexibility index (Phi) is 6.65. The Morgan fingerprint density at radius 2 is 1.77 bits per heavy atom. The summed E-state index contributed by atoms with van der Waals surface area (Å²) in [4.78, 5) is 22.5. The molecule has 1 amide bonds. The van der Waals surface area contributed by atoms with E-state index < -0.39 is 42.2 Å². The molecule has 2 atom stereocenters. The zero-order chi connectivity index (χ0) is 19.1. The molecule has 0 aliphatic carbocycles. The lowest BCUT2D eigenvalue weighted by Gasteiger charge is -2.19. The van der Waals surface area contributed by atoms with Crippen LogP contribution in [0.5, 0.6) is 0 Å². The molecule has 2 aromatic rings. The van der Waals surface area contributed by atoms with Crippen molar-refractivity contribution in [3.8, 4) is 0 Å². The Morgan fingerprint density at radius 1 is 1.08 bits per heavy atom. The van der Waals surface area contributed by atoms with Crippen LogP contribution < -0.4 is 5.32 Å². The summed E-state index contributed by atoms with van der Waals surface area (Å²) in [6.07, 6.45) is -4.10. The van der Waals surface area contributed by atoms with Crippen LogP contribution in [-0.4, -0.2) is 40.0 Å². The second-order valence-electron chi connectivity index (χ2n) is 5.47. The number of benzene rings is 2. The fourth-order valence-corrected chi connectivity index (χ4v) is 2.22. The number of carboxylic acids is 1. The van der Waals surface area contributed by atoms with Gasteiger partial charge in [0.15, 0.2) is 0 Å². The quantitative estimate of drug-likeness (QED) is 0.597. The van der Waals surface area contributed by atoms with E-state index >= 15 is 0 Å². The molecule has 2 unspecified atom stereocenters. The van der Waals surface area contributed by atoms with E-state index in [0.717, 1.165) is 17.7 Å². The smallest absolute Gasteiger partial charge is 0.407 e. The van der Waals surface area contributed by atoms with Crippen LogP contribution in [0.3, 0.4) is 0 Å². The molecule has 0 spiro atoms. The summed E-state index contributed by atoms with van der Waals surface area (Å²) in [6, 6.07) is 12.4. The molecule has 0 heterocycles. The summed E-state index contributed by atoms with van der Waals surface area (Å²) in [5, 5.41) is 31.1. The highest BCUT2D eigenvalue weighted by Gasteiger charge is 2.25. The second kappa shape index (κ2) is 8.93. The lowest BCUT2D eigenvalue weighted by molar-refractivity contribution is 0.0162. The molecule has 0 saturated heterocycles.